The summed E-state index contributed by atoms with van der Waals surface area (Å²) in [5.74, 6) is -1.17. The zero-order chi connectivity index (χ0) is 14.8. The molecule has 1 rings (SSSR count). The topological polar surface area (TPSA) is 88.8 Å². The molecule has 0 saturated heterocycles. The summed E-state index contributed by atoms with van der Waals surface area (Å²) in [6.45, 7) is 1.97. The number of carboxylic acids is 1. The van der Waals surface area contributed by atoms with Crippen molar-refractivity contribution in [2.75, 3.05) is 20.8 Å². The van der Waals surface area contributed by atoms with Crippen molar-refractivity contribution in [2.45, 2.75) is 17.9 Å². The predicted octanol–water partition coefficient (Wildman–Crippen LogP) is 0.379. The lowest BCUT2D eigenvalue weighted by atomic mass is 10.4. The molecular formula is C11H18N2O5S. The minimum atomic E-state index is -3.73. The van der Waals surface area contributed by atoms with Gasteiger partial charge in [-0.1, -0.05) is 0 Å². The van der Waals surface area contributed by atoms with Gasteiger partial charge < -0.3 is 14.4 Å². The highest BCUT2D eigenvalue weighted by atomic mass is 32.2. The Labute approximate surface area is 112 Å². The number of hydrogen-bond acceptors (Lipinski definition) is 4. The van der Waals surface area contributed by atoms with Crippen molar-refractivity contribution in [3.05, 3.63) is 18.0 Å². The number of hydrogen-bond donors (Lipinski definition) is 1. The summed E-state index contributed by atoms with van der Waals surface area (Å²) in [6.07, 6.45) is 1.29. The first-order chi connectivity index (χ1) is 8.71. The van der Waals surface area contributed by atoms with Crippen LogP contribution in [0.5, 0.6) is 0 Å². The molecule has 0 bridgehead atoms. The van der Waals surface area contributed by atoms with Crippen LogP contribution < -0.4 is 0 Å². The Morgan fingerprint density at radius 2 is 2.16 bits per heavy atom. The molecule has 0 saturated carbocycles. The van der Waals surface area contributed by atoms with Crippen LogP contribution in [0.25, 0.3) is 0 Å². The Morgan fingerprint density at radius 3 is 2.58 bits per heavy atom. The average Bonchev–Trinajstić information content (AvgIpc) is 2.71. The number of ether oxygens (including phenoxy) is 1. The lowest BCUT2D eigenvalue weighted by Crippen LogP contribution is -2.37. The first-order valence-electron chi connectivity index (χ1n) is 5.58. The quantitative estimate of drug-likeness (QED) is 0.818. The molecular weight excluding hydrogens is 272 g/mol. The van der Waals surface area contributed by atoms with Gasteiger partial charge in [-0.3, -0.25) is 0 Å². The van der Waals surface area contributed by atoms with Crippen LogP contribution in [0.3, 0.4) is 0 Å². The van der Waals surface area contributed by atoms with Crippen LogP contribution in [0, 0.1) is 0 Å². The molecule has 1 aromatic heterocycles. The van der Waals surface area contributed by atoms with Crippen molar-refractivity contribution in [3.63, 3.8) is 0 Å². The lowest BCUT2D eigenvalue weighted by molar-refractivity contribution is 0.0686. The van der Waals surface area contributed by atoms with Crippen molar-refractivity contribution in [1.29, 1.82) is 0 Å². The van der Waals surface area contributed by atoms with Gasteiger partial charge in [0.2, 0.25) is 10.0 Å². The second kappa shape index (κ2) is 5.72. The van der Waals surface area contributed by atoms with Crippen LogP contribution in [0.15, 0.2) is 17.2 Å². The van der Waals surface area contributed by atoms with E-state index in [0.717, 1.165) is 10.4 Å². The van der Waals surface area contributed by atoms with Crippen molar-refractivity contribution in [1.82, 2.24) is 8.87 Å². The molecule has 0 amide bonds. The van der Waals surface area contributed by atoms with Crippen molar-refractivity contribution in [3.8, 4) is 0 Å². The van der Waals surface area contributed by atoms with Crippen LogP contribution in [0.2, 0.25) is 0 Å². The summed E-state index contributed by atoms with van der Waals surface area (Å²) >= 11 is 0. The zero-order valence-electron chi connectivity index (χ0n) is 11.3. The number of carbonyl (C=O) groups is 1. The van der Waals surface area contributed by atoms with Gasteiger partial charge in [-0.2, -0.15) is 4.31 Å². The predicted molar refractivity (Wildman–Crippen MR) is 68.7 cm³/mol. The van der Waals surface area contributed by atoms with E-state index in [4.69, 9.17) is 9.84 Å². The number of aryl methyl sites for hydroxylation is 1. The van der Waals surface area contributed by atoms with Crippen LogP contribution in [-0.4, -0.2) is 55.2 Å². The van der Waals surface area contributed by atoms with Crippen molar-refractivity contribution < 1.29 is 23.1 Å². The first-order valence-corrected chi connectivity index (χ1v) is 7.02. The molecule has 1 atom stereocenters. The molecule has 0 aliphatic carbocycles. The minimum Gasteiger partial charge on any atom is -0.477 e. The molecule has 8 heteroatoms. The zero-order valence-corrected chi connectivity index (χ0v) is 12.1. The lowest BCUT2D eigenvalue weighted by Gasteiger charge is -2.22. The third-order valence-electron chi connectivity index (χ3n) is 2.90. The molecule has 7 nitrogen and oxygen atoms in total. The number of likely N-dealkylation sites (N-methyl/N-ethyl adjacent to an activating group) is 1. The van der Waals surface area contributed by atoms with Gasteiger partial charge in [0.1, 0.15) is 10.6 Å². The molecule has 1 N–H and O–H groups in total. The van der Waals surface area contributed by atoms with E-state index in [0.29, 0.717) is 0 Å². The van der Waals surface area contributed by atoms with E-state index in [2.05, 4.69) is 0 Å². The van der Waals surface area contributed by atoms with Gasteiger partial charge in [-0.25, -0.2) is 13.2 Å². The molecule has 108 valence electrons. The number of aromatic carboxylic acids is 1. The van der Waals surface area contributed by atoms with Crippen molar-refractivity contribution >= 4 is 16.0 Å². The number of rotatable bonds is 6. The van der Waals surface area contributed by atoms with Crippen LogP contribution >= 0.6 is 0 Å². The maximum absolute atomic E-state index is 12.3. The Hall–Kier alpha value is -1.38. The third-order valence-corrected chi connectivity index (χ3v) is 4.84. The Balaban J connectivity index is 3.13. The standard InChI is InChI=1S/C11H18N2O5S/c1-8(7-18-4)13(3)19(16,17)9-5-10(11(14)15)12(2)6-9/h5-6,8H,7H2,1-4H3,(H,14,15). The van der Waals surface area contributed by atoms with E-state index in [9.17, 15) is 13.2 Å². The van der Waals surface area contributed by atoms with Crippen LogP contribution in [0.1, 0.15) is 17.4 Å². The summed E-state index contributed by atoms with van der Waals surface area (Å²) in [5.41, 5.74) is -0.0774. The fraction of sp³-hybridized carbons (Fsp3) is 0.545. The Morgan fingerprint density at radius 1 is 1.58 bits per heavy atom. The fourth-order valence-corrected chi connectivity index (χ4v) is 3.06. The molecule has 0 aromatic carbocycles. The monoisotopic (exact) mass is 290 g/mol. The Bertz CT molecular complexity index is 564. The maximum Gasteiger partial charge on any atom is 0.352 e. The van der Waals surface area contributed by atoms with Crippen LogP contribution in [0.4, 0.5) is 0 Å². The Kier molecular flexibility index (Phi) is 4.72. The van der Waals surface area contributed by atoms with E-state index < -0.39 is 16.0 Å². The molecule has 1 unspecified atom stereocenters. The summed E-state index contributed by atoms with van der Waals surface area (Å²) in [4.78, 5) is 10.9. The molecule has 1 aromatic rings. The SMILES string of the molecule is COCC(C)N(C)S(=O)(=O)c1cc(C(=O)O)n(C)c1. The highest BCUT2D eigenvalue weighted by Crippen LogP contribution is 2.19. The van der Waals surface area contributed by atoms with Gasteiger partial charge >= 0.3 is 5.97 Å². The molecule has 0 spiro atoms. The highest BCUT2D eigenvalue weighted by molar-refractivity contribution is 7.89. The van der Waals surface area contributed by atoms with Crippen molar-refractivity contribution in [2.24, 2.45) is 7.05 Å². The molecule has 1 heterocycles. The normalized spacial score (nSPS) is 13.7. The second-order valence-corrected chi connectivity index (χ2v) is 6.30. The van der Waals surface area contributed by atoms with E-state index in [1.165, 1.54) is 32.0 Å². The molecule has 0 fully saturated rings. The maximum atomic E-state index is 12.3. The van der Waals surface area contributed by atoms with Gasteiger partial charge in [-0.15, -0.1) is 0 Å². The fourth-order valence-electron chi connectivity index (χ4n) is 1.64. The number of nitrogens with zero attached hydrogens (tertiary/aromatic N) is 2. The first kappa shape index (κ1) is 15.7. The number of sulfonamides is 1. The number of methoxy groups -OCH3 is 1. The summed E-state index contributed by atoms with van der Waals surface area (Å²) in [5, 5.41) is 8.93. The van der Waals surface area contributed by atoms with Gasteiger partial charge in [0.05, 0.1) is 6.61 Å². The molecule has 19 heavy (non-hydrogen) atoms. The van der Waals surface area contributed by atoms with Gasteiger partial charge in [0, 0.05) is 33.4 Å². The van der Waals surface area contributed by atoms with Crippen LogP contribution in [-0.2, 0) is 21.8 Å². The molecule has 0 aliphatic rings. The van der Waals surface area contributed by atoms with E-state index in [1.54, 1.807) is 6.92 Å². The average molecular weight is 290 g/mol. The van der Waals surface area contributed by atoms with E-state index >= 15 is 0 Å². The van der Waals surface area contributed by atoms with E-state index in [-0.39, 0.29) is 23.2 Å². The highest BCUT2D eigenvalue weighted by Gasteiger charge is 2.27. The second-order valence-electron chi connectivity index (χ2n) is 4.30. The smallest absolute Gasteiger partial charge is 0.352 e. The minimum absolute atomic E-state index is 0.0437. The number of carboxylic acid groups (broad SMARTS) is 1. The molecule has 0 aliphatic heterocycles. The summed E-state index contributed by atoms with van der Waals surface area (Å²) in [7, 11) is 0.686. The molecule has 0 radical (unpaired) electrons. The third kappa shape index (κ3) is 3.14. The van der Waals surface area contributed by atoms with Gasteiger partial charge in [-0.05, 0) is 13.0 Å². The summed E-state index contributed by atoms with van der Waals surface area (Å²) < 4.78 is 32.0. The largest absolute Gasteiger partial charge is 0.477 e. The van der Waals surface area contributed by atoms with Gasteiger partial charge in [0.15, 0.2) is 0 Å². The van der Waals surface area contributed by atoms with E-state index in [1.807, 2.05) is 0 Å². The van der Waals surface area contributed by atoms with Gasteiger partial charge in [0.25, 0.3) is 0 Å². The number of aromatic nitrogens is 1. The summed E-state index contributed by atoms with van der Waals surface area (Å²) in [6, 6.07) is 0.803.